The molecule has 1 atom stereocenters. The Morgan fingerprint density at radius 2 is 2.20 bits per heavy atom. The number of benzene rings is 1. The number of ether oxygens (including phenoxy) is 1. The largest absolute Gasteiger partial charge is 0.525 e. The van der Waals surface area contributed by atoms with Crippen LogP contribution in [0, 0.1) is 23.1 Å². The summed E-state index contributed by atoms with van der Waals surface area (Å²) in [7, 11) is 0. The first-order chi connectivity index (χ1) is 14.6. The molecule has 2 amide bonds. The molecule has 1 aromatic carbocycles. The maximum atomic E-state index is 13.9. The van der Waals surface area contributed by atoms with Gasteiger partial charge in [-0.2, -0.15) is 15.0 Å². The first-order valence-electron chi connectivity index (χ1n) is 9.79. The van der Waals surface area contributed by atoms with Gasteiger partial charge in [0, 0.05) is 37.2 Å². The molecule has 1 aliphatic carbocycles. The van der Waals surface area contributed by atoms with Crippen LogP contribution in [0.4, 0.5) is 9.18 Å². The Labute approximate surface area is 171 Å². The molecule has 3 heterocycles. The normalized spacial score (nSPS) is 26.2. The van der Waals surface area contributed by atoms with Crippen molar-refractivity contribution in [3.8, 4) is 11.8 Å². The van der Waals surface area contributed by atoms with Gasteiger partial charge in [-0.15, -0.1) is 0 Å². The van der Waals surface area contributed by atoms with Crippen LogP contribution in [0.5, 0.6) is 5.75 Å². The molecule has 0 radical (unpaired) electrons. The van der Waals surface area contributed by atoms with Gasteiger partial charge >= 0.3 is 6.03 Å². The summed E-state index contributed by atoms with van der Waals surface area (Å²) >= 11 is 0. The lowest BCUT2D eigenvalue weighted by molar-refractivity contribution is -0.428. The first-order valence-corrected chi connectivity index (χ1v) is 9.79. The number of amides is 2. The minimum Gasteiger partial charge on any atom is -0.487 e. The molecular weight excluding hydrogens is 387 g/mol. The topological polar surface area (TPSA) is 94.5 Å². The van der Waals surface area contributed by atoms with Crippen molar-refractivity contribution in [1.29, 1.82) is 5.26 Å². The summed E-state index contributed by atoms with van der Waals surface area (Å²) in [6, 6.07) is 5.70. The zero-order valence-corrected chi connectivity index (χ0v) is 16.0. The van der Waals surface area contributed by atoms with Gasteiger partial charge in [0.05, 0.1) is 17.8 Å². The summed E-state index contributed by atoms with van der Waals surface area (Å²) in [6.07, 6.45) is 9.36. The van der Waals surface area contributed by atoms with E-state index < -0.39 is 5.82 Å². The smallest absolute Gasteiger partial charge is 0.487 e. The molecule has 2 aromatic rings. The van der Waals surface area contributed by atoms with Gasteiger partial charge in [-0.25, -0.2) is 4.39 Å². The number of amidine groups is 1. The lowest BCUT2D eigenvalue weighted by atomic mass is 9.83. The van der Waals surface area contributed by atoms with E-state index in [-0.39, 0.29) is 29.8 Å². The number of carbonyl (C=O) groups excluding carboxylic acids is 1. The van der Waals surface area contributed by atoms with E-state index in [1.165, 1.54) is 22.9 Å². The first kappa shape index (κ1) is 18.4. The SMILES string of the molecule is N#Cc1ccc(F)c(OC2CC(/C=[N+]3\N=C4CC[C@@H](c5cnccn5)N4C3=O)C2)c1. The lowest BCUT2D eigenvalue weighted by Gasteiger charge is -2.32. The van der Waals surface area contributed by atoms with Crippen LogP contribution in [0.3, 0.4) is 0 Å². The molecule has 2 aliphatic heterocycles. The molecule has 1 saturated carbocycles. The van der Waals surface area contributed by atoms with Crippen molar-refractivity contribution in [2.24, 2.45) is 11.0 Å². The molecule has 0 bridgehead atoms. The van der Waals surface area contributed by atoms with Crippen LogP contribution in [0.2, 0.25) is 0 Å². The Balaban J connectivity index is 1.24. The number of halogens is 1. The lowest BCUT2D eigenvalue weighted by Crippen LogP contribution is -2.38. The van der Waals surface area contributed by atoms with Crippen LogP contribution < -0.4 is 4.74 Å². The highest BCUT2D eigenvalue weighted by molar-refractivity contribution is 6.00. The van der Waals surface area contributed by atoms with Gasteiger partial charge in [-0.1, -0.05) is 4.68 Å². The van der Waals surface area contributed by atoms with Crippen molar-refractivity contribution in [3.63, 3.8) is 0 Å². The van der Waals surface area contributed by atoms with Crippen LogP contribution >= 0.6 is 0 Å². The van der Waals surface area contributed by atoms with E-state index in [0.717, 1.165) is 18.0 Å². The van der Waals surface area contributed by atoms with Crippen LogP contribution in [0.25, 0.3) is 0 Å². The van der Waals surface area contributed by atoms with Gasteiger partial charge in [0.15, 0.2) is 17.6 Å². The monoisotopic (exact) mass is 405 g/mol. The number of hydrogen-bond donors (Lipinski definition) is 0. The highest BCUT2D eigenvalue weighted by Crippen LogP contribution is 2.36. The minimum atomic E-state index is -0.488. The van der Waals surface area contributed by atoms with Gasteiger partial charge in [0.2, 0.25) is 5.84 Å². The number of nitriles is 1. The number of hydrazone groups is 1. The van der Waals surface area contributed by atoms with E-state index in [1.807, 2.05) is 12.3 Å². The van der Waals surface area contributed by atoms with Gasteiger partial charge in [0.25, 0.3) is 0 Å². The summed E-state index contributed by atoms with van der Waals surface area (Å²) < 4.78 is 21.0. The molecule has 150 valence electrons. The highest BCUT2D eigenvalue weighted by atomic mass is 19.1. The number of hydrogen-bond acceptors (Lipinski definition) is 6. The second kappa shape index (κ2) is 7.30. The van der Waals surface area contributed by atoms with Crippen molar-refractivity contribution >= 4 is 18.1 Å². The average Bonchev–Trinajstić information content (AvgIpc) is 3.28. The second-order valence-electron chi connectivity index (χ2n) is 7.58. The second-order valence-corrected chi connectivity index (χ2v) is 7.58. The van der Waals surface area contributed by atoms with Crippen LogP contribution in [0.15, 0.2) is 41.9 Å². The number of aromatic nitrogens is 2. The fourth-order valence-corrected chi connectivity index (χ4v) is 4.04. The van der Waals surface area contributed by atoms with Gasteiger partial charge in [-0.05, 0) is 30.1 Å². The summed E-state index contributed by atoms with van der Waals surface area (Å²) in [6.45, 7) is 0. The van der Waals surface area contributed by atoms with Crippen molar-refractivity contribution in [2.45, 2.75) is 37.8 Å². The molecule has 0 N–H and O–H groups in total. The quantitative estimate of drug-likeness (QED) is 0.729. The van der Waals surface area contributed by atoms with E-state index >= 15 is 0 Å². The van der Waals surface area contributed by atoms with Crippen molar-refractivity contribution < 1.29 is 18.6 Å². The fourth-order valence-electron chi connectivity index (χ4n) is 4.04. The average molecular weight is 405 g/mol. The molecule has 8 nitrogen and oxygen atoms in total. The molecule has 9 heteroatoms. The number of urea groups is 1. The molecule has 2 fully saturated rings. The van der Waals surface area contributed by atoms with E-state index in [4.69, 9.17) is 10.00 Å². The number of carbonyl (C=O) groups is 1. The van der Waals surface area contributed by atoms with Gasteiger partial charge in [0.1, 0.15) is 18.0 Å². The fraction of sp³-hybridized carbons (Fsp3) is 0.333. The highest BCUT2D eigenvalue weighted by Gasteiger charge is 2.51. The molecule has 0 spiro atoms. The Kier molecular flexibility index (Phi) is 4.47. The molecule has 3 aliphatic rings. The van der Waals surface area contributed by atoms with E-state index in [1.54, 1.807) is 23.5 Å². The van der Waals surface area contributed by atoms with Gasteiger partial charge in [-0.3, -0.25) is 9.97 Å². The van der Waals surface area contributed by atoms with E-state index in [0.29, 0.717) is 24.8 Å². The van der Waals surface area contributed by atoms with E-state index in [2.05, 4.69) is 15.1 Å². The predicted molar refractivity (Wildman–Crippen MR) is 103 cm³/mol. The van der Waals surface area contributed by atoms with Crippen LogP contribution in [-0.4, -0.2) is 43.7 Å². The number of nitrogens with zero attached hydrogens (tertiary/aromatic N) is 6. The summed E-state index contributed by atoms with van der Waals surface area (Å²) in [5.41, 5.74) is 1.11. The van der Waals surface area contributed by atoms with Gasteiger partial charge < -0.3 is 4.74 Å². The Morgan fingerprint density at radius 1 is 1.33 bits per heavy atom. The standard InChI is InChI=1S/C21H18FN6O2/c22-16-2-1-13(10-23)9-19(16)30-15-7-14(8-15)12-27-21(29)28-18(3-4-20(28)26-27)17-11-24-5-6-25-17/h1-2,5-6,9,11-12,14-15,18H,3-4,7-8H2/q+1/b27-12-/t14?,15?,18-/m0/s1. The summed E-state index contributed by atoms with van der Waals surface area (Å²) in [5.74, 6) is 0.454. The molecule has 0 unspecified atom stereocenters. The Hall–Kier alpha value is -3.67. The number of rotatable bonds is 4. The zero-order valence-electron chi connectivity index (χ0n) is 16.0. The molecule has 1 saturated heterocycles. The molecule has 1 aromatic heterocycles. The Bertz CT molecular complexity index is 1100. The van der Waals surface area contributed by atoms with E-state index in [9.17, 15) is 9.18 Å². The number of fused-ring (bicyclic) bond motifs is 1. The third-order valence-corrected chi connectivity index (χ3v) is 5.62. The van der Waals surface area contributed by atoms with Crippen LogP contribution in [0.1, 0.15) is 43.0 Å². The third kappa shape index (κ3) is 3.20. The molecule has 30 heavy (non-hydrogen) atoms. The molecule has 5 rings (SSSR count). The maximum absolute atomic E-state index is 13.9. The zero-order chi connectivity index (χ0) is 20.7. The molecular formula is C21H18FN6O2+. The van der Waals surface area contributed by atoms with Crippen molar-refractivity contribution in [3.05, 3.63) is 53.9 Å². The summed E-state index contributed by atoms with van der Waals surface area (Å²) in [4.78, 5) is 23.0. The van der Waals surface area contributed by atoms with Crippen molar-refractivity contribution in [1.82, 2.24) is 14.9 Å². The Morgan fingerprint density at radius 3 is 2.97 bits per heavy atom. The third-order valence-electron chi connectivity index (χ3n) is 5.62. The maximum Gasteiger partial charge on any atom is 0.525 e. The predicted octanol–water partition coefficient (Wildman–Crippen LogP) is 3.01. The summed E-state index contributed by atoms with van der Waals surface area (Å²) in [5, 5.41) is 13.4. The van der Waals surface area contributed by atoms with Crippen LogP contribution in [-0.2, 0) is 0 Å². The minimum absolute atomic E-state index is 0.0856. The van der Waals surface area contributed by atoms with Crippen molar-refractivity contribution in [2.75, 3.05) is 0 Å².